The summed E-state index contributed by atoms with van der Waals surface area (Å²) >= 11 is 0. The summed E-state index contributed by atoms with van der Waals surface area (Å²) in [4.78, 5) is 0. The summed E-state index contributed by atoms with van der Waals surface area (Å²) in [6.07, 6.45) is 1.14. The first-order chi connectivity index (χ1) is 5.25. The van der Waals surface area contributed by atoms with Crippen LogP contribution in [0.4, 0.5) is 0 Å². The first-order valence-corrected chi connectivity index (χ1v) is 4.44. The van der Waals surface area contributed by atoms with E-state index in [9.17, 15) is 0 Å². The first kappa shape index (κ1) is 9.01. The van der Waals surface area contributed by atoms with Gasteiger partial charge in [0.15, 0.2) is 0 Å². The standard InChI is InChI=1S/C9H18O2/c1-7-3-4-11-6-9(5-10)8(7)2/h7-10H,3-6H2,1-2H3. The van der Waals surface area contributed by atoms with Crippen molar-refractivity contribution >= 4 is 0 Å². The predicted octanol–water partition coefficient (Wildman–Crippen LogP) is 1.29. The van der Waals surface area contributed by atoms with E-state index in [1.165, 1.54) is 0 Å². The van der Waals surface area contributed by atoms with E-state index in [0.29, 0.717) is 17.8 Å². The molecule has 1 aliphatic rings. The molecule has 1 saturated heterocycles. The molecule has 3 unspecified atom stereocenters. The van der Waals surface area contributed by atoms with Crippen molar-refractivity contribution in [2.24, 2.45) is 17.8 Å². The average molecular weight is 158 g/mol. The fourth-order valence-corrected chi connectivity index (χ4v) is 1.60. The average Bonchev–Trinajstić information content (AvgIpc) is 2.16. The van der Waals surface area contributed by atoms with Crippen molar-refractivity contribution in [2.75, 3.05) is 19.8 Å². The molecular weight excluding hydrogens is 140 g/mol. The van der Waals surface area contributed by atoms with Gasteiger partial charge in [-0.15, -0.1) is 0 Å². The molecule has 0 aliphatic carbocycles. The molecule has 0 radical (unpaired) electrons. The lowest BCUT2D eigenvalue weighted by Gasteiger charge is -2.22. The number of ether oxygens (including phenoxy) is 1. The molecule has 0 saturated carbocycles. The zero-order valence-corrected chi connectivity index (χ0v) is 7.42. The van der Waals surface area contributed by atoms with Crippen molar-refractivity contribution in [1.82, 2.24) is 0 Å². The molecule has 2 heteroatoms. The minimum Gasteiger partial charge on any atom is -0.396 e. The summed E-state index contributed by atoms with van der Waals surface area (Å²) in [7, 11) is 0. The Hall–Kier alpha value is -0.0800. The number of hydrogen-bond donors (Lipinski definition) is 1. The topological polar surface area (TPSA) is 29.5 Å². The van der Waals surface area contributed by atoms with Gasteiger partial charge >= 0.3 is 0 Å². The van der Waals surface area contributed by atoms with Crippen LogP contribution >= 0.6 is 0 Å². The largest absolute Gasteiger partial charge is 0.396 e. The van der Waals surface area contributed by atoms with Crippen LogP contribution in [0, 0.1) is 17.8 Å². The highest BCUT2D eigenvalue weighted by Gasteiger charge is 2.24. The van der Waals surface area contributed by atoms with Crippen LogP contribution in [0.2, 0.25) is 0 Å². The molecule has 1 aliphatic heterocycles. The normalized spacial score (nSPS) is 40.1. The monoisotopic (exact) mass is 158 g/mol. The van der Waals surface area contributed by atoms with E-state index in [2.05, 4.69) is 13.8 Å². The van der Waals surface area contributed by atoms with Gasteiger partial charge in [-0.2, -0.15) is 0 Å². The molecule has 0 bridgehead atoms. The molecule has 1 rings (SSSR count). The maximum atomic E-state index is 9.02. The molecule has 1 fully saturated rings. The van der Waals surface area contributed by atoms with Gasteiger partial charge in [-0.25, -0.2) is 0 Å². The van der Waals surface area contributed by atoms with Gasteiger partial charge in [-0.3, -0.25) is 0 Å². The van der Waals surface area contributed by atoms with Crippen LogP contribution in [0.15, 0.2) is 0 Å². The van der Waals surface area contributed by atoms with Crippen LogP contribution in [-0.4, -0.2) is 24.9 Å². The van der Waals surface area contributed by atoms with Crippen molar-refractivity contribution in [3.63, 3.8) is 0 Å². The molecule has 11 heavy (non-hydrogen) atoms. The van der Waals surface area contributed by atoms with E-state index in [-0.39, 0.29) is 6.61 Å². The smallest absolute Gasteiger partial charge is 0.0518 e. The molecule has 0 aromatic rings. The Bertz CT molecular complexity index is 114. The zero-order valence-electron chi connectivity index (χ0n) is 7.42. The lowest BCUT2D eigenvalue weighted by Crippen LogP contribution is -2.23. The molecular formula is C9H18O2. The van der Waals surface area contributed by atoms with E-state index in [0.717, 1.165) is 19.6 Å². The van der Waals surface area contributed by atoms with Crippen LogP contribution < -0.4 is 0 Å². The summed E-state index contributed by atoms with van der Waals surface area (Å²) in [5.74, 6) is 1.64. The maximum Gasteiger partial charge on any atom is 0.0518 e. The summed E-state index contributed by atoms with van der Waals surface area (Å²) in [5.41, 5.74) is 0. The lowest BCUT2D eigenvalue weighted by atomic mass is 9.84. The van der Waals surface area contributed by atoms with E-state index in [1.54, 1.807) is 0 Å². The lowest BCUT2D eigenvalue weighted by molar-refractivity contribution is 0.0727. The summed E-state index contributed by atoms with van der Waals surface area (Å²) in [5, 5.41) is 9.02. The maximum absolute atomic E-state index is 9.02. The molecule has 0 aromatic heterocycles. The van der Waals surface area contributed by atoms with Crippen LogP contribution in [0.3, 0.4) is 0 Å². The Balaban J connectivity index is 2.49. The number of hydrogen-bond acceptors (Lipinski definition) is 2. The fourth-order valence-electron chi connectivity index (χ4n) is 1.60. The van der Waals surface area contributed by atoms with Crippen molar-refractivity contribution in [3.8, 4) is 0 Å². The van der Waals surface area contributed by atoms with Gasteiger partial charge in [-0.1, -0.05) is 13.8 Å². The van der Waals surface area contributed by atoms with Crippen LogP contribution in [0.1, 0.15) is 20.3 Å². The molecule has 1 heterocycles. The van der Waals surface area contributed by atoms with E-state index in [1.807, 2.05) is 0 Å². The van der Waals surface area contributed by atoms with Crippen molar-refractivity contribution in [1.29, 1.82) is 0 Å². The van der Waals surface area contributed by atoms with Gasteiger partial charge in [0, 0.05) is 19.1 Å². The highest BCUT2D eigenvalue weighted by Crippen LogP contribution is 2.26. The van der Waals surface area contributed by atoms with Crippen molar-refractivity contribution < 1.29 is 9.84 Å². The highest BCUT2D eigenvalue weighted by atomic mass is 16.5. The fraction of sp³-hybridized carbons (Fsp3) is 1.00. The van der Waals surface area contributed by atoms with Gasteiger partial charge in [0.05, 0.1) is 6.61 Å². The first-order valence-electron chi connectivity index (χ1n) is 4.44. The molecule has 1 N–H and O–H groups in total. The Morgan fingerprint density at radius 3 is 2.82 bits per heavy atom. The van der Waals surface area contributed by atoms with Gasteiger partial charge in [0.25, 0.3) is 0 Å². The summed E-state index contributed by atoms with van der Waals surface area (Å²) in [6.45, 7) is 6.32. The second kappa shape index (κ2) is 4.07. The summed E-state index contributed by atoms with van der Waals surface area (Å²) < 4.78 is 5.38. The Morgan fingerprint density at radius 2 is 2.18 bits per heavy atom. The van der Waals surface area contributed by atoms with Crippen molar-refractivity contribution in [2.45, 2.75) is 20.3 Å². The predicted molar refractivity (Wildman–Crippen MR) is 44.3 cm³/mol. The van der Waals surface area contributed by atoms with Crippen LogP contribution in [-0.2, 0) is 4.74 Å². The van der Waals surface area contributed by atoms with Gasteiger partial charge in [-0.05, 0) is 18.3 Å². The second-order valence-electron chi connectivity index (χ2n) is 3.64. The van der Waals surface area contributed by atoms with Crippen molar-refractivity contribution in [3.05, 3.63) is 0 Å². The number of aliphatic hydroxyl groups is 1. The van der Waals surface area contributed by atoms with Crippen LogP contribution in [0.25, 0.3) is 0 Å². The Kier molecular flexibility index (Phi) is 3.34. The molecule has 2 nitrogen and oxygen atoms in total. The van der Waals surface area contributed by atoms with E-state index >= 15 is 0 Å². The van der Waals surface area contributed by atoms with Gasteiger partial charge in [0.1, 0.15) is 0 Å². The number of rotatable bonds is 1. The zero-order chi connectivity index (χ0) is 8.27. The third-order valence-electron chi connectivity index (χ3n) is 2.93. The van der Waals surface area contributed by atoms with E-state index < -0.39 is 0 Å². The van der Waals surface area contributed by atoms with Gasteiger partial charge in [0.2, 0.25) is 0 Å². The minimum absolute atomic E-state index is 0.269. The third kappa shape index (κ3) is 2.17. The molecule has 66 valence electrons. The van der Waals surface area contributed by atoms with Crippen LogP contribution in [0.5, 0.6) is 0 Å². The second-order valence-corrected chi connectivity index (χ2v) is 3.64. The SMILES string of the molecule is CC1CCOCC(CO)C1C. The van der Waals surface area contributed by atoms with Gasteiger partial charge < -0.3 is 9.84 Å². The molecule has 0 spiro atoms. The molecule has 3 atom stereocenters. The summed E-state index contributed by atoms with van der Waals surface area (Å²) in [6, 6.07) is 0. The third-order valence-corrected chi connectivity index (χ3v) is 2.93. The number of aliphatic hydroxyl groups excluding tert-OH is 1. The van der Waals surface area contributed by atoms with E-state index in [4.69, 9.17) is 9.84 Å². The Morgan fingerprint density at radius 1 is 1.45 bits per heavy atom. The Labute approximate surface area is 68.6 Å². The highest BCUT2D eigenvalue weighted by molar-refractivity contribution is 4.73. The molecule has 0 aromatic carbocycles. The minimum atomic E-state index is 0.269. The molecule has 0 amide bonds. The quantitative estimate of drug-likeness (QED) is 0.623.